The molecule has 24 heavy (non-hydrogen) atoms. The van der Waals surface area contributed by atoms with Crippen molar-refractivity contribution in [3.63, 3.8) is 0 Å². The molecule has 0 aromatic heterocycles. The lowest BCUT2D eigenvalue weighted by Gasteiger charge is -2.29. The lowest BCUT2D eigenvalue weighted by molar-refractivity contribution is -0.201. The molecule has 2 heterocycles. The first kappa shape index (κ1) is 16.6. The third kappa shape index (κ3) is 3.32. The summed E-state index contributed by atoms with van der Waals surface area (Å²) in [7, 11) is 0. The fraction of sp³-hybridized carbons (Fsp3) is 0.688. The molecule has 1 saturated carbocycles. The predicted molar refractivity (Wildman–Crippen MR) is 78.6 cm³/mol. The van der Waals surface area contributed by atoms with Crippen LogP contribution in [0.15, 0.2) is 0 Å². The average molecular weight is 336 g/mol. The summed E-state index contributed by atoms with van der Waals surface area (Å²) in [6, 6.07) is 0. The van der Waals surface area contributed by atoms with Gasteiger partial charge in [0.25, 0.3) is 11.8 Å². The highest BCUT2D eigenvalue weighted by Crippen LogP contribution is 2.31. The van der Waals surface area contributed by atoms with Gasteiger partial charge in [0.15, 0.2) is 0 Å². The van der Waals surface area contributed by atoms with Gasteiger partial charge >= 0.3 is 5.97 Å². The third-order valence-electron chi connectivity index (χ3n) is 4.96. The minimum absolute atomic E-state index is 0.0801. The first-order valence-corrected chi connectivity index (χ1v) is 8.36. The number of carbonyl (C=O) groups is 5. The molecule has 2 aliphatic heterocycles. The van der Waals surface area contributed by atoms with E-state index in [4.69, 9.17) is 4.84 Å². The van der Waals surface area contributed by atoms with Gasteiger partial charge in [-0.15, -0.1) is 5.06 Å². The van der Waals surface area contributed by atoms with Crippen LogP contribution in [0.1, 0.15) is 51.4 Å². The fourth-order valence-electron chi connectivity index (χ4n) is 3.49. The second kappa shape index (κ2) is 6.70. The molecule has 0 bridgehead atoms. The number of hydroxylamine groups is 2. The Morgan fingerprint density at radius 1 is 0.833 bits per heavy atom. The summed E-state index contributed by atoms with van der Waals surface area (Å²) >= 11 is 0. The Morgan fingerprint density at radius 3 is 1.88 bits per heavy atom. The molecule has 2 saturated heterocycles. The van der Waals surface area contributed by atoms with Crippen LogP contribution >= 0.6 is 0 Å². The molecule has 3 aliphatic rings. The van der Waals surface area contributed by atoms with E-state index in [0.29, 0.717) is 50.1 Å². The number of likely N-dealkylation sites (tertiary alicyclic amines) is 1. The molecule has 8 nitrogen and oxygen atoms in total. The summed E-state index contributed by atoms with van der Waals surface area (Å²) in [5, 5.41) is 0.579. The Balaban J connectivity index is 1.47. The van der Waals surface area contributed by atoms with Crippen molar-refractivity contribution < 1.29 is 28.8 Å². The van der Waals surface area contributed by atoms with Gasteiger partial charge in [-0.25, -0.2) is 4.79 Å². The van der Waals surface area contributed by atoms with Gasteiger partial charge < -0.3 is 4.84 Å². The standard InChI is InChI=1S/C16H20N2O6/c19-12-5-6-13(20)17(12)9-10-1-3-11(4-2-10)16(23)24-18-14(21)7-8-15(18)22/h10-11H,1-9H2/t10-,11-. The van der Waals surface area contributed by atoms with E-state index in [0.717, 1.165) is 0 Å². The van der Waals surface area contributed by atoms with Gasteiger partial charge in [-0.1, -0.05) is 0 Å². The van der Waals surface area contributed by atoms with Gasteiger partial charge in [0.1, 0.15) is 0 Å². The van der Waals surface area contributed by atoms with Crippen LogP contribution in [0.5, 0.6) is 0 Å². The van der Waals surface area contributed by atoms with Crippen LogP contribution in [0.2, 0.25) is 0 Å². The van der Waals surface area contributed by atoms with Crippen molar-refractivity contribution in [2.24, 2.45) is 11.8 Å². The molecule has 1 aliphatic carbocycles. The van der Waals surface area contributed by atoms with E-state index in [1.54, 1.807) is 0 Å². The van der Waals surface area contributed by atoms with E-state index in [2.05, 4.69) is 0 Å². The Labute approximate surface area is 139 Å². The van der Waals surface area contributed by atoms with Crippen molar-refractivity contribution in [3.05, 3.63) is 0 Å². The number of nitrogens with zero attached hydrogens (tertiary/aromatic N) is 2. The third-order valence-corrected chi connectivity index (χ3v) is 4.96. The van der Waals surface area contributed by atoms with E-state index >= 15 is 0 Å². The maximum atomic E-state index is 12.1. The molecular weight excluding hydrogens is 316 g/mol. The lowest BCUT2D eigenvalue weighted by atomic mass is 9.82. The molecule has 3 rings (SSSR count). The van der Waals surface area contributed by atoms with Crippen LogP contribution in [-0.2, 0) is 28.8 Å². The normalized spacial score (nSPS) is 28.0. The summed E-state index contributed by atoms with van der Waals surface area (Å²) < 4.78 is 0. The quantitative estimate of drug-likeness (QED) is 0.695. The average Bonchev–Trinajstić information content (AvgIpc) is 3.05. The highest BCUT2D eigenvalue weighted by molar-refractivity contribution is 6.02. The summed E-state index contributed by atoms with van der Waals surface area (Å²) in [5.41, 5.74) is 0. The highest BCUT2D eigenvalue weighted by Gasteiger charge is 2.37. The molecule has 4 amide bonds. The largest absolute Gasteiger partial charge is 0.336 e. The van der Waals surface area contributed by atoms with Gasteiger partial charge in [-0.05, 0) is 31.6 Å². The van der Waals surface area contributed by atoms with Crippen LogP contribution in [0.4, 0.5) is 0 Å². The van der Waals surface area contributed by atoms with E-state index < -0.39 is 17.8 Å². The lowest BCUT2D eigenvalue weighted by Crippen LogP contribution is -2.38. The van der Waals surface area contributed by atoms with Crippen LogP contribution in [0, 0.1) is 11.8 Å². The van der Waals surface area contributed by atoms with Gasteiger partial charge in [0, 0.05) is 32.2 Å². The molecule has 0 N–H and O–H groups in total. The van der Waals surface area contributed by atoms with Crippen molar-refractivity contribution in [1.29, 1.82) is 0 Å². The van der Waals surface area contributed by atoms with Crippen LogP contribution < -0.4 is 0 Å². The van der Waals surface area contributed by atoms with E-state index in [9.17, 15) is 24.0 Å². The number of carbonyl (C=O) groups excluding carboxylic acids is 5. The summed E-state index contributed by atoms with van der Waals surface area (Å²) in [6.07, 6.45) is 3.29. The smallest absolute Gasteiger partial charge is 0.330 e. The van der Waals surface area contributed by atoms with Gasteiger partial charge in [0.05, 0.1) is 5.92 Å². The molecule has 130 valence electrons. The zero-order valence-corrected chi connectivity index (χ0v) is 13.4. The number of amides is 4. The van der Waals surface area contributed by atoms with Gasteiger partial charge in [-0.3, -0.25) is 24.1 Å². The van der Waals surface area contributed by atoms with Crippen LogP contribution in [-0.4, -0.2) is 46.1 Å². The molecule has 0 spiro atoms. The van der Waals surface area contributed by atoms with Crippen molar-refractivity contribution >= 4 is 29.6 Å². The molecule has 0 atom stereocenters. The van der Waals surface area contributed by atoms with Crippen LogP contribution in [0.25, 0.3) is 0 Å². The predicted octanol–water partition coefficient (Wildman–Crippen LogP) is 0.549. The van der Waals surface area contributed by atoms with E-state index in [1.807, 2.05) is 0 Å². The summed E-state index contributed by atoms with van der Waals surface area (Å²) in [4.78, 5) is 64.6. The zero-order valence-electron chi connectivity index (χ0n) is 13.4. The first-order valence-electron chi connectivity index (χ1n) is 8.36. The Morgan fingerprint density at radius 2 is 1.33 bits per heavy atom. The maximum Gasteiger partial charge on any atom is 0.336 e. The van der Waals surface area contributed by atoms with Crippen molar-refractivity contribution in [2.45, 2.75) is 51.4 Å². The Bertz CT molecular complexity index is 561. The number of hydrogen-bond donors (Lipinski definition) is 0. The maximum absolute atomic E-state index is 12.1. The molecular formula is C16H20N2O6. The fourth-order valence-corrected chi connectivity index (χ4v) is 3.49. The first-order chi connectivity index (χ1) is 11.5. The van der Waals surface area contributed by atoms with Gasteiger partial charge in [-0.2, -0.15) is 0 Å². The molecule has 0 unspecified atom stereocenters. The Hall–Kier alpha value is -2.25. The number of rotatable bonds is 4. The topological polar surface area (TPSA) is 101 Å². The van der Waals surface area contributed by atoms with E-state index in [1.165, 1.54) is 4.90 Å². The second-order valence-corrected chi connectivity index (χ2v) is 6.61. The van der Waals surface area contributed by atoms with Crippen LogP contribution in [0.3, 0.4) is 0 Å². The second-order valence-electron chi connectivity index (χ2n) is 6.61. The SMILES string of the molecule is O=C1CCC(=O)N1C[C@H]1CC[C@H](C(=O)ON2C(=O)CCC2=O)CC1. The van der Waals surface area contributed by atoms with Crippen molar-refractivity contribution in [2.75, 3.05) is 6.54 Å². The Kier molecular flexibility index (Phi) is 4.64. The molecule has 0 aromatic rings. The number of hydrogen-bond acceptors (Lipinski definition) is 6. The summed E-state index contributed by atoms with van der Waals surface area (Å²) in [5.74, 6) is -1.91. The molecule has 8 heteroatoms. The minimum atomic E-state index is -0.551. The van der Waals surface area contributed by atoms with Crippen molar-refractivity contribution in [3.8, 4) is 0 Å². The highest BCUT2D eigenvalue weighted by atomic mass is 16.7. The monoisotopic (exact) mass is 336 g/mol. The van der Waals surface area contributed by atoms with E-state index in [-0.39, 0.29) is 36.5 Å². The molecule has 0 radical (unpaired) electrons. The minimum Gasteiger partial charge on any atom is -0.330 e. The van der Waals surface area contributed by atoms with Crippen molar-refractivity contribution in [1.82, 2.24) is 9.96 Å². The molecule has 0 aromatic carbocycles. The van der Waals surface area contributed by atoms with Gasteiger partial charge in [0.2, 0.25) is 11.8 Å². The molecule has 3 fully saturated rings. The zero-order chi connectivity index (χ0) is 17.3. The number of imide groups is 2. The summed E-state index contributed by atoms with van der Waals surface area (Å²) in [6.45, 7) is 0.419.